The van der Waals surface area contributed by atoms with Crippen molar-refractivity contribution in [3.63, 3.8) is 0 Å². The first-order chi connectivity index (χ1) is 10.5. The number of carbonyl (C=O) groups excluding carboxylic acids is 1. The summed E-state index contributed by atoms with van der Waals surface area (Å²) in [4.78, 5) is 23.8. The van der Waals surface area contributed by atoms with E-state index in [9.17, 15) is 19.1 Å². The van der Waals surface area contributed by atoms with Crippen molar-refractivity contribution in [2.75, 3.05) is 6.54 Å². The van der Waals surface area contributed by atoms with E-state index in [-0.39, 0.29) is 16.5 Å². The van der Waals surface area contributed by atoms with Crippen LogP contribution in [0.25, 0.3) is 11.0 Å². The summed E-state index contributed by atoms with van der Waals surface area (Å²) in [5.41, 5.74) is -1.46. The van der Waals surface area contributed by atoms with Gasteiger partial charge in [0.2, 0.25) is 5.82 Å². The van der Waals surface area contributed by atoms with Crippen LogP contribution in [0.4, 0.5) is 4.39 Å². The molecule has 1 heterocycles. The third-order valence-electron chi connectivity index (χ3n) is 3.38. The van der Waals surface area contributed by atoms with Crippen molar-refractivity contribution in [3.8, 4) is 5.75 Å². The monoisotopic (exact) mass is 307 g/mol. The van der Waals surface area contributed by atoms with Crippen LogP contribution >= 0.6 is 0 Å². The van der Waals surface area contributed by atoms with Gasteiger partial charge in [0.25, 0.3) is 5.91 Å². The molecular weight excluding hydrogens is 289 g/mol. The third kappa shape index (κ3) is 3.44. The number of fused-ring (bicyclic) bond motifs is 1. The zero-order valence-electron chi connectivity index (χ0n) is 12.3. The van der Waals surface area contributed by atoms with Crippen molar-refractivity contribution in [3.05, 3.63) is 40.0 Å². The number of phenols is 1. The van der Waals surface area contributed by atoms with Crippen molar-refractivity contribution >= 4 is 16.9 Å². The quantitative estimate of drug-likeness (QED) is 0.635. The van der Waals surface area contributed by atoms with Crippen molar-refractivity contribution < 1.29 is 18.7 Å². The summed E-state index contributed by atoms with van der Waals surface area (Å²) in [6.07, 6.45) is 4.03. The fraction of sp³-hybridized carbons (Fsp3) is 0.375. The van der Waals surface area contributed by atoms with E-state index in [2.05, 4.69) is 12.2 Å². The predicted octanol–water partition coefficient (Wildman–Crippen LogP) is 2.95. The van der Waals surface area contributed by atoms with Gasteiger partial charge >= 0.3 is 5.63 Å². The molecule has 5 nitrogen and oxygen atoms in total. The maximum Gasteiger partial charge on any atom is 0.349 e. The number of rotatable bonds is 6. The number of benzene rings is 1. The molecule has 0 radical (unpaired) electrons. The maximum absolute atomic E-state index is 13.6. The van der Waals surface area contributed by atoms with Gasteiger partial charge in [0, 0.05) is 11.9 Å². The molecule has 0 fully saturated rings. The summed E-state index contributed by atoms with van der Waals surface area (Å²) in [6, 6.07) is 3.80. The van der Waals surface area contributed by atoms with Crippen LogP contribution in [0.5, 0.6) is 5.75 Å². The highest BCUT2D eigenvalue weighted by Crippen LogP contribution is 2.24. The number of hydrogen-bond donors (Lipinski definition) is 2. The van der Waals surface area contributed by atoms with Gasteiger partial charge < -0.3 is 14.8 Å². The lowest BCUT2D eigenvalue weighted by molar-refractivity contribution is 0.0949. The number of carbonyl (C=O) groups is 1. The van der Waals surface area contributed by atoms with Gasteiger partial charge in [0.1, 0.15) is 5.56 Å². The molecule has 1 aromatic heterocycles. The fourth-order valence-corrected chi connectivity index (χ4v) is 2.15. The molecule has 0 saturated heterocycles. The molecule has 0 bridgehead atoms. The topological polar surface area (TPSA) is 79.5 Å². The zero-order valence-corrected chi connectivity index (χ0v) is 12.3. The minimum absolute atomic E-state index is 0.173. The first kappa shape index (κ1) is 16.0. The van der Waals surface area contributed by atoms with E-state index in [1.165, 1.54) is 12.1 Å². The highest BCUT2D eigenvalue weighted by Gasteiger charge is 2.16. The Morgan fingerprint density at radius 2 is 2.09 bits per heavy atom. The van der Waals surface area contributed by atoms with Crippen molar-refractivity contribution in [2.45, 2.75) is 32.6 Å². The van der Waals surface area contributed by atoms with Crippen LogP contribution in [-0.2, 0) is 0 Å². The summed E-state index contributed by atoms with van der Waals surface area (Å²) in [5.74, 6) is -2.16. The highest BCUT2D eigenvalue weighted by molar-refractivity contribution is 5.96. The molecule has 2 rings (SSSR count). The number of nitrogens with one attached hydrogen (secondary N) is 1. The molecular formula is C16H18FNO4. The van der Waals surface area contributed by atoms with Gasteiger partial charge in [-0.05, 0) is 24.6 Å². The zero-order chi connectivity index (χ0) is 16.1. The minimum Gasteiger partial charge on any atom is -0.505 e. The van der Waals surface area contributed by atoms with Crippen LogP contribution < -0.4 is 10.9 Å². The van der Waals surface area contributed by atoms with Crippen LogP contribution in [0, 0.1) is 5.82 Å². The molecule has 22 heavy (non-hydrogen) atoms. The van der Waals surface area contributed by atoms with E-state index in [4.69, 9.17) is 4.42 Å². The number of phenolic OH excluding ortho intramolecular Hbond substituents is 1. The molecule has 1 aromatic carbocycles. The number of hydrogen-bond acceptors (Lipinski definition) is 4. The minimum atomic E-state index is -1.01. The Hall–Kier alpha value is -2.37. The highest BCUT2D eigenvalue weighted by atomic mass is 19.1. The molecule has 0 aliphatic heterocycles. The van der Waals surface area contributed by atoms with E-state index in [0.717, 1.165) is 31.7 Å². The van der Waals surface area contributed by atoms with Gasteiger partial charge in [-0.2, -0.15) is 4.39 Å². The lowest BCUT2D eigenvalue weighted by Gasteiger charge is -2.06. The molecule has 0 atom stereocenters. The summed E-state index contributed by atoms with van der Waals surface area (Å²) in [7, 11) is 0. The van der Waals surface area contributed by atoms with E-state index in [1.54, 1.807) is 0 Å². The number of unbranched alkanes of at least 4 members (excludes halogenated alkanes) is 3. The van der Waals surface area contributed by atoms with E-state index >= 15 is 0 Å². The van der Waals surface area contributed by atoms with Crippen LogP contribution in [-0.4, -0.2) is 17.6 Å². The smallest absolute Gasteiger partial charge is 0.349 e. The Labute approximate surface area is 126 Å². The average Bonchev–Trinajstić information content (AvgIpc) is 2.50. The normalized spacial score (nSPS) is 10.8. The molecule has 0 saturated carbocycles. The van der Waals surface area contributed by atoms with E-state index in [0.29, 0.717) is 6.54 Å². The van der Waals surface area contributed by atoms with Gasteiger partial charge in [-0.1, -0.05) is 26.2 Å². The number of aromatic hydroxyl groups is 1. The lowest BCUT2D eigenvalue weighted by Crippen LogP contribution is -2.29. The van der Waals surface area contributed by atoms with Gasteiger partial charge in [0.15, 0.2) is 11.3 Å². The molecule has 2 aromatic rings. The summed E-state index contributed by atoms with van der Waals surface area (Å²) in [6.45, 7) is 2.57. The Morgan fingerprint density at radius 1 is 1.32 bits per heavy atom. The Morgan fingerprint density at radius 3 is 2.82 bits per heavy atom. The Balaban J connectivity index is 2.18. The van der Waals surface area contributed by atoms with E-state index < -0.39 is 23.1 Å². The van der Waals surface area contributed by atoms with Crippen LogP contribution in [0.1, 0.15) is 43.0 Å². The predicted molar refractivity (Wildman–Crippen MR) is 80.6 cm³/mol. The molecule has 0 aliphatic carbocycles. The summed E-state index contributed by atoms with van der Waals surface area (Å²) in [5, 5.41) is 12.1. The van der Waals surface area contributed by atoms with Crippen LogP contribution in [0.2, 0.25) is 0 Å². The first-order valence-electron chi connectivity index (χ1n) is 7.28. The number of amides is 1. The Kier molecular flexibility index (Phi) is 5.14. The van der Waals surface area contributed by atoms with Gasteiger partial charge in [-0.25, -0.2) is 4.79 Å². The summed E-state index contributed by atoms with van der Waals surface area (Å²) >= 11 is 0. The molecule has 118 valence electrons. The van der Waals surface area contributed by atoms with Crippen molar-refractivity contribution in [1.29, 1.82) is 0 Å². The maximum atomic E-state index is 13.6. The molecule has 0 unspecified atom stereocenters. The van der Waals surface area contributed by atoms with Gasteiger partial charge in [0.05, 0.1) is 0 Å². The molecule has 6 heteroatoms. The second-order valence-corrected chi connectivity index (χ2v) is 5.08. The van der Waals surface area contributed by atoms with Crippen molar-refractivity contribution in [2.24, 2.45) is 0 Å². The van der Waals surface area contributed by atoms with E-state index in [1.807, 2.05) is 0 Å². The lowest BCUT2D eigenvalue weighted by atomic mass is 10.1. The molecule has 2 N–H and O–H groups in total. The fourth-order valence-electron chi connectivity index (χ4n) is 2.15. The Bertz CT molecular complexity index is 739. The molecule has 1 amide bonds. The number of halogens is 1. The second-order valence-electron chi connectivity index (χ2n) is 5.08. The van der Waals surface area contributed by atoms with Crippen molar-refractivity contribution in [1.82, 2.24) is 5.32 Å². The van der Waals surface area contributed by atoms with Gasteiger partial charge in [-0.3, -0.25) is 4.79 Å². The van der Waals surface area contributed by atoms with Gasteiger partial charge in [-0.15, -0.1) is 0 Å². The molecule has 0 spiro atoms. The van der Waals surface area contributed by atoms with Crippen LogP contribution in [0.15, 0.2) is 27.4 Å². The second kappa shape index (κ2) is 7.06. The average molecular weight is 307 g/mol. The SMILES string of the molecule is CCCCCCNC(=O)c1cc2ccc(O)c(F)c2oc1=O. The largest absolute Gasteiger partial charge is 0.505 e. The van der Waals surface area contributed by atoms with Crippen LogP contribution in [0.3, 0.4) is 0 Å². The summed E-state index contributed by atoms with van der Waals surface area (Å²) < 4.78 is 18.5. The third-order valence-corrected chi connectivity index (χ3v) is 3.38. The standard InChI is InChI=1S/C16H18FNO4/c1-2-3-4-5-8-18-15(20)11-9-10-6-7-12(19)13(17)14(10)22-16(11)21/h6-7,9,19H,2-5,8H2,1H3,(H,18,20). The molecule has 0 aliphatic rings. The first-order valence-corrected chi connectivity index (χ1v) is 7.28.